The number of nitrogens with one attached hydrogen (secondary N) is 1. The van der Waals surface area contributed by atoms with Crippen LogP contribution >= 0.6 is 23.2 Å². The highest BCUT2D eigenvalue weighted by Crippen LogP contribution is 2.27. The number of nitrogens with zero attached hydrogens (tertiary/aromatic N) is 1. The van der Waals surface area contributed by atoms with Crippen molar-refractivity contribution in [1.29, 1.82) is 0 Å². The third-order valence-corrected chi connectivity index (χ3v) is 5.60. The molecular formula is C14H20Cl2N2O3S. The first-order chi connectivity index (χ1) is 10.2. The van der Waals surface area contributed by atoms with E-state index < -0.39 is 10.0 Å². The van der Waals surface area contributed by atoms with Crippen molar-refractivity contribution in [3.8, 4) is 0 Å². The zero-order chi connectivity index (χ0) is 16.9. The number of benzene rings is 1. The Hall–Kier alpha value is -0.820. The molecule has 0 bridgehead atoms. The third-order valence-electron chi connectivity index (χ3n) is 3.08. The second-order valence-corrected chi connectivity index (χ2v) is 7.95. The summed E-state index contributed by atoms with van der Waals surface area (Å²) in [5.41, 5.74) is 0. The fourth-order valence-corrected chi connectivity index (χ4v) is 3.82. The fraction of sp³-hybridized carbons (Fsp3) is 0.500. The van der Waals surface area contributed by atoms with Crippen LogP contribution in [-0.2, 0) is 14.8 Å². The molecule has 0 aromatic heterocycles. The number of amides is 1. The molecule has 1 atom stereocenters. The molecule has 0 heterocycles. The second-order valence-electron chi connectivity index (χ2n) is 5.09. The minimum absolute atomic E-state index is 0.00311. The highest BCUT2D eigenvalue weighted by atomic mass is 35.5. The fourth-order valence-electron chi connectivity index (χ4n) is 1.96. The van der Waals surface area contributed by atoms with Crippen molar-refractivity contribution in [2.24, 2.45) is 0 Å². The summed E-state index contributed by atoms with van der Waals surface area (Å²) in [4.78, 5) is 11.8. The minimum Gasteiger partial charge on any atom is -0.353 e. The summed E-state index contributed by atoms with van der Waals surface area (Å²) in [5, 5.41) is 3.08. The molecule has 124 valence electrons. The lowest BCUT2D eigenvalue weighted by molar-refractivity contribution is -0.121. The third kappa shape index (κ3) is 5.12. The minimum atomic E-state index is -3.88. The van der Waals surface area contributed by atoms with Gasteiger partial charge in [0.15, 0.2) is 0 Å². The highest BCUT2D eigenvalue weighted by molar-refractivity contribution is 7.89. The topological polar surface area (TPSA) is 66.5 Å². The van der Waals surface area contributed by atoms with E-state index in [1.165, 1.54) is 25.2 Å². The van der Waals surface area contributed by atoms with Crippen molar-refractivity contribution in [3.63, 3.8) is 0 Å². The average Bonchev–Trinajstić information content (AvgIpc) is 2.41. The van der Waals surface area contributed by atoms with Crippen LogP contribution in [0.5, 0.6) is 0 Å². The molecule has 1 rings (SSSR count). The Labute approximate surface area is 141 Å². The Morgan fingerprint density at radius 3 is 2.59 bits per heavy atom. The number of likely N-dealkylation sites (N-methyl/N-ethyl adjacent to an activating group) is 1. The maximum Gasteiger partial charge on any atom is 0.244 e. The number of carbonyl (C=O) groups excluding carboxylic acids is 1. The van der Waals surface area contributed by atoms with Crippen molar-refractivity contribution in [2.45, 2.75) is 37.6 Å². The lowest BCUT2D eigenvalue weighted by atomic mass is 10.2. The van der Waals surface area contributed by atoms with Crippen molar-refractivity contribution in [3.05, 3.63) is 28.2 Å². The van der Waals surface area contributed by atoms with Gasteiger partial charge in [-0.3, -0.25) is 4.79 Å². The molecule has 0 aliphatic carbocycles. The van der Waals surface area contributed by atoms with Gasteiger partial charge in [-0.2, -0.15) is 4.31 Å². The first-order valence-electron chi connectivity index (χ1n) is 6.89. The number of carbonyl (C=O) groups is 1. The largest absolute Gasteiger partial charge is 0.353 e. The van der Waals surface area contributed by atoms with E-state index in [9.17, 15) is 13.2 Å². The van der Waals surface area contributed by atoms with Crippen molar-refractivity contribution >= 4 is 39.1 Å². The molecule has 5 nitrogen and oxygen atoms in total. The Balaban J connectivity index is 2.85. The van der Waals surface area contributed by atoms with E-state index in [1.54, 1.807) is 0 Å². The van der Waals surface area contributed by atoms with E-state index >= 15 is 0 Å². The summed E-state index contributed by atoms with van der Waals surface area (Å²) in [6.07, 6.45) is 1.77. The molecule has 1 amide bonds. The first-order valence-corrected chi connectivity index (χ1v) is 9.08. The van der Waals surface area contributed by atoms with Gasteiger partial charge in [-0.25, -0.2) is 8.42 Å². The Morgan fingerprint density at radius 2 is 2.00 bits per heavy atom. The van der Waals surface area contributed by atoms with Crippen molar-refractivity contribution in [1.82, 2.24) is 9.62 Å². The number of halogens is 2. The van der Waals surface area contributed by atoms with Crippen molar-refractivity contribution < 1.29 is 13.2 Å². The van der Waals surface area contributed by atoms with E-state index in [0.717, 1.165) is 17.1 Å². The summed E-state index contributed by atoms with van der Waals surface area (Å²) in [6.45, 7) is 3.61. The number of rotatable bonds is 7. The normalized spacial score (nSPS) is 13.2. The van der Waals surface area contributed by atoms with Crippen LogP contribution in [0.25, 0.3) is 0 Å². The van der Waals surface area contributed by atoms with Gasteiger partial charge in [-0.05, 0) is 31.5 Å². The Morgan fingerprint density at radius 1 is 1.36 bits per heavy atom. The number of hydrogen-bond donors (Lipinski definition) is 1. The number of sulfonamides is 1. The van der Waals surface area contributed by atoms with Gasteiger partial charge in [-0.1, -0.05) is 36.5 Å². The lowest BCUT2D eigenvalue weighted by Crippen LogP contribution is -2.41. The van der Waals surface area contributed by atoms with Gasteiger partial charge in [0, 0.05) is 18.1 Å². The Kier molecular flexibility index (Phi) is 7.12. The van der Waals surface area contributed by atoms with Crippen LogP contribution in [0.2, 0.25) is 10.0 Å². The first kappa shape index (κ1) is 19.2. The maximum absolute atomic E-state index is 12.5. The molecule has 0 aliphatic heterocycles. The molecular weight excluding hydrogens is 347 g/mol. The van der Waals surface area contributed by atoms with Crippen LogP contribution in [-0.4, -0.2) is 38.3 Å². The van der Waals surface area contributed by atoms with Gasteiger partial charge >= 0.3 is 0 Å². The van der Waals surface area contributed by atoms with Crippen LogP contribution < -0.4 is 5.32 Å². The van der Waals surface area contributed by atoms with Gasteiger partial charge in [0.2, 0.25) is 15.9 Å². The SMILES string of the molecule is CCC[C@H](C)NC(=O)CN(C)S(=O)(=O)c1cc(Cl)ccc1Cl. The van der Waals surface area contributed by atoms with E-state index in [-0.39, 0.29) is 33.4 Å². The van der Waals surface area contributed by atoms with E-state index in [4.69, 9.17) is 23.2 Å². The van der Waals surface area contributed by atoms with Crippen LogP contribution in [0.15, 0.2) is 23.1 Å². The monoisotopic (exact) mass is 366 g/mol. The molecule has 22 heavy (non-hydrogen) atoms. The van der Waals surface area contributed by atoms with Crippen LogP contribution in [0.4, 0.5) is 0 Å². The molecule has 8 heteroatoms. The molecule has 0 spiro atoms. The molecule has 0 saturated heterocycles. The molecule has 0 saturated carbocycles. The summed E-state index contributed by atoms with van der Waals surface area (Å²) >= 11 is 11.7. The van der Waals surface area contributed by atoms with Crippen LogP contribution in [0, 0.1) is 0 Å². The number of hydrogen-bond acceptors (Lipinski definition) is 3. The van der Waals surface area contributed by atoms with Gasteiger partial charge in [0.1, 0.15) is 4.90 Å². The zero-order valence-electron chi connectivity index (χ0n) is 12.8. The van der Waals surface area contributed by atoms with Gasteiger partial charge in [0.05, 0.1) is 11.6 Å². The predicted octanol–water partition coefficient (Wildman–Crippen LogP) is 2.92. The standard InChI is InChI=1S/C14H20Cl2N2O3S/c1-4-5-10(2)17-14(19)9-18(3)22(20,21)13-8-11(15)6-7-12(13)16/h6-8,10H,4-5,9H2,1-3H3,(H,17,19)/t10-/m0/s1. The predicted molar refractivity (Wildman–Crippen MR) is 88.8 cm³/mol. The van der Waals surface area contributed by atoms with E-state index in [2.05, 4.69) is 5.32 Å². The van der Waals surface area contributed by atoms with Crippen molar-refractivity contribution in [2.75, 3.05) is 13.6 Å². The maximum atomic E-state index is 12.5. The molecule has 0 unspecified atom stereocenters. The van der Waals surface area contributed by atoms with Gasteiger partial charge in [0.25, 0.3) is 0 Å². The second kappa shape index (κ2) is 8.15. The smallest absolute Gasteiger partial charge is 0.244 e. The summed E-state index contributed by atoms with van der Waals surface area (Å²) in [6, 6.07) is 4.19. The molecule has 1 aromatic carbocycles. The summed E-state index contributed by atoms with van der Waals surface area (Å²) < 4.78 is 25.9. The molecule has 0 radical (unpaired) electrons. The highest BCUT2D eigenvalue weighted by Gasteiger charge is 2.26. The van der Waals surface area contributed by atoms with E-state index in [0.29, 0.717) is 0 Å². The van der Waals surface area contributed by atoms with Crippen LogP contribution in [0.1, 0.15) is 26.7 Å². The lowest BCUT2D eigenvalue weighted by Gasteiger charge is -2.19. The van der Waals surface area contributed by atoms with Gasteiger partial charge in [-0.15, -0.1) is 0 Å². The molecule has 0 fully saturated rings. The Bertz CT molecular complexity index is 635. The summed E-state index contributed by atoms with van der Waals surface area (Å²) in [5.74, 6) is -0.356. The van der Waals surface area contributed by atoms with Gasteiger partial charge < -0.3 is 5.32 Å². The van der Waals surface area contributed by atoms with Crippen LogP contribution in [0.3, 0.4) is 0 Å². The van der Waals surface area contributed by atoms with E-state index in [1.807, 2.05) is 13.8 Å². The summed E-state index contributed by atoms with van der Waals surface area (Å²) in [7, 11) is -2.55. The molecule has 0 aliphatic rings. The molecule has 1 N–H and O–H groups in total. The quantitative estimate of drug-likeness (QED) is 0.806. The zero-order valence-corrected chi connectivity index (χ0v) is 15.1. The average molecular weight is 367 g/mol. The molecule has 1 aromatic rings.